The third-order valence-electron chi connectivity index (χ3n) is 3.69. The summed E-state index contributed by atoms with van der Waals surface area (Å²) in [6.07, 6.45) is 3.51. The standard InChI is InChI=1S/C17H26N2O3S/c1-20-15-7-5-14(6-8-15)12-19-17(23)18-9-3-10-21-13-16-4-2-11-22-16/h5-8,16H,2-4,9-13H2,1H3,(H2,18,19,23)/t16-/m0/s1. The van der Waals surface area contributed by atoms with E-state index in [4.69, 9.17) is 26.4 Å². The highest BCUT2D eigenvalue weighted by Crippen LogP contribution is 2.12. The molecule has 2 rings (SSSR count). The van der Waals surface area contributed by atoms with Crippen LogP contribution in [-0.4, -0.2) is 44.7 Å². The quantitative estimate of drug-likeness (QED) is 0.532. The fourth-order valence-corrected chi connectivity index (χ4v) is 2.53. The van der Waals surface area contributed by atoms with Crippen molar-refractivity contribution in [3.63, 3.8) is 0 Å². The van der Waals surface area contributed by atoms with Gasteiger partial charge in [0.05, 0.1) is 19.8 Å². The summed E-state index contributed by atoms with van der Waals surface area (Å²) < 4.78 is 16.3. The molecule has 0 aromatic heterocycles. The third kappa shape index (κ3) is 7.16. The van der Waals surface area contributed by atoms with Crippen molar-refractivity contribution in [2.45, 2.75) is 31.9 Å². The first-order chi connectivity index (χ1) is 11.3. The zero-order valence-electron chi connectivity index (χ0n) is 13.7. The number of methoxy groups -OCH3 is 1. The van der Waals surface area contributed by atoms with Crippen molar-refractivity contribution < 1.29 is 14.2 Å². The number of benzene rings is 1. The molecule has 6 heteroatoms. The van der Waals surface area contributed by atoms with Crippen molar-refractivity contribution in [3.8, 4) is 5.75 Å². The monoisotopic (exact) mass is 338 g/mol. The fourth-order valence-electron chi connectivity index (χ4n) is 2.35. The molecule has 1 atom stereocenters. The van der Waals surface area contributed by atoms with Gasteiger partial charge in [-0.15, -0.1) is 0 Å². The number of ether oxygens (including phenoxy) is 3. The number of thiocarbonyl (C=S) groups is 1. The average molecular weight is 338 g/mol. The van der Waals surface area contributed by atoms with Crippen molar-refractivity contribution in [1.82, 2.24) is 10.6 Å². The molecule has 0 spiro atoms. The fraction of sp³-hybridized carbons (Fsp3) is 0.588. The number of nitrogens with one attached hydrogen (secondary N) is 2. The van der Waals surface area contributed by atoms with Gasteiger partial charge in [-0.05, 0) is 49.2 Å². The first-order valence-corrected chi connectivity index (χ1v) is 8.52. The van der Waals surface area contributed by atoms with Crippen LogP contribution >= 0.6 is 12.2 Å². The highest BCUT2D eigenvalue weighted by Gasteiger charge is 2.14. The molecule has 1 heterocycles. The lowest BCUT2D eigenvalue weighted by Crippen LogP contribution is -2.35. The molecular formula is C17H26N2O3S. The molecule has 5 nitrogen and oxygen atoms in total. The van der Waals surface area contributed by atoms with Gasteiger partial charge in [-0.1, -0.05) is 12.1 Å². The second-order valence-corrected chi connectivity index (χ2v) is 5.93. The van der Waals surface area contributed by atoms with Crippen molar-refractivity contribution in [3.05, 3.63) is 29.8 Å². The number of hydrogen-bond donors (Lipinski definition) is 2. The minimum Gasteiger partial charge on any atom is -0.497 e. The van der Waals surface area contributed by atoms with Gasteiger partial charge in [0, 0.05) is 26.3 Å². The predicted octanol–water partition coefficient (Wildman–Crippen LogP) is 2.24. The maximum Gasteiger partial charge on any atom is 0.166 e. The lowest BCUT2D eigenvalue weighted by atomic mass is 10.2. The van der Waals surface area contributed by atoms with Crippen LogP contribution in [0.4, 0.5) is 0 Å². The van der Waals surface area contributed by atoms with Crippen LogP contribution in [0.1, 0.15) is 24.8 Å². The molecule has 1 aliphatic rings. The summed E-state index contributed by atoms with van der Waals surface area (Å²) in [5, 5.41) is 7.05. The Balaban J connectivity index is 1.47. The maximum atomic E-state index is 5.61. The van der Waals surface area contributed by atoms with Gasteiger partial charge in [-0.3, -0.25) is 0 Å². The van der Waals surface area contributed by atoms with Crippen LogP contribution in [0.25, 0.3) is 0 Å². The lowest BCUT2D eigenvalue weighted by Gasteiger charge is -2.12. The Morgan fingerprint density at radius 1 is 1.30 bits per heavy atom. The molecule has 0 amide bonds. The first kappa shape index (κ1) is 18.0. The van der Waals surface area contributed by atoms with Gasteiger partial charge in [0.25, 0.3) is 0 Å². The van der Waals surface area contributed by atoms with Crippen LogP contribution in [-0.2, 0) is 16.0 Å². The van der Waals surface area contributed by atoms with Gasteiger partial charge in [0.15, 0.2) is 5.11 Å². The second-order valence-electron chi connectivity index (χ2n) is 5.52. The van der Waals surface area contributed by atoms with Crippen molar-refractivity contribution in [2.75, 3.05) is 33.5 Å². The van der Waals surface area contributed by atoms with Crippen LogP contribution in [0.3, 0.4) is 0 Å². The molecule has 128 valence electrons. The van der Waals surface area contributed by atoms with E-state index in [0.717, 1.165) is 50.3 Å². The van der Waals surface area contributed by atoms with E-state index in [1.807, 2.05) is 24.3 Å². The summed E-state index contributed by atoms with van der Waals surface area (Å²) in [4.78, 5) is 0. The Morgan fingerprint density at radius 2 is 2.13 bits per heavy atom. The zero-order valence-corrected chi connectivity index (χ0v) is 14.5. The minimum atomic E-state index is 0.301. The van der Waals surface area contributed by atoms with Crippen LogP contribution in [0.5, 0.6) is 5.75 Å². The van der Waals surface area contributed by atoms with Crippen LogP contribution < -0.4 is 15.4 Å². The van der Waals surface area contributed by atoms with Crippen molar-refractivity contribution >= 4 is 17.3 Å². The Bertz CT molecular complexity index is 461. The first-order valence-electron chi connectivity index (χ1n) is 8.12. The zero-order chi connectivity index (χ0) is 16.3. The topological polar surface area (TPSA) is 51.8 Å². The molecular weight excluding hydrogens is 312 g/mol. The Morgan fingerprint density at radius 3 is 2.83 bits per heavy atom. The summed E-state index contributed by atoms with van der Waals surface area (Å²) in [5.74, 6) is 0.859. The molecule has 23 heavy (non-hydrogen) atoms. The van der Waals surface area contributed by atoms with E-state index < -0.39 is 0 Å². The van der Waals surface area contributed by atoms with Crippen LogP contribution in [0, 0.1) is 0 Å². The summed E-state index contributed by atoms with van der Waals surface area (Å²) in [6, 6.07) is 7.93. The van der Waals surface area contributed by atoms with E-state index in [0.29, 0.717) is 24.4 Å². The Hall–Kier alpha value is -1.37. The summed E-state index contributed by atoms with van der Waals surface area (Å²) in [6.45, 7) is 3.82. The van der Waals surface area contributed by atoms with Crippen molar-refractivity contribution in [2.24, 2.45) is 0 Å². The molecule has 1 aliphatic heterocycles. The number of hydrogen-bond acceptors (Lipinski definition) is 4. The minimum absolute atomic E-state index is 0.301. The van der Waals surface area contributed by atoms with Gasteiger partial charge in [-0.2, -0.15) is 0 Å². The smallest absolute Gasteiger partial charge is 0.166 e. The van der Waals surface area contributed by atoms with E-state index in [1.54, 1.807) is 7.11 Å². The normalized spacial score (nSPS) is 17.0. The molecule has 1 saturated heterocycles. The van der Waals surface area contributed by atoms with Gasteiger partial charge in [-0.25, -0.2) is 0 Å². The largest absolute Gasteiger partial charge is 0.497 e. The molecule has 1 aromatic carbocycles. The van der Waals surface area contributed by atoms with Crippen LogP contribution in [0.2, 0.25) is 0 Å². The van der Waals surface area contributed by atoms with E-state index in [-0.39, 0.29) is 0 Å². The average Bonchev–Trinajstić information content (AvgIpc) is 3.10. The summed E-state index contributed by atoms with van der Waals surface area (Å²) >= 11 is 5.26. The summed E-state index contributed by atoms with van der Waals surface area (Å²) in [5.41, 5.74) is 1.16. The molecule has 0 saturated carbocycles. The third-order valence-corrected chi connectivity index (χ3v) is 3.98. The van der Waals surface area contributed by atoms with Gasteiger partial charge >= 0.3 is 0 Å². The van der Waals surface area contributed by atoms with E-state index >= 15 is 0 Å². The molecule has 1 aromatic rings. The molecule has 1 fully saturated rings. The van der Waals surface area contributed by atoms with E-state index in [2.05, 4.69) is 10.6 Å². The molecule has 0 bridgehead atoms. The van der Waals surface area contributed by atoms with Gasteiger partial charge < -0.3 is 24.8 Å². The SMILES string of the molecule is COc1ccc(CNC(=S)NCCCOC[C@@H]2CCCO2)cc1. The van der Waals surface area contributed by atoms with Crippen LogP contribution in [0.15, 0.2) is 24.3 Å². The lowest BCUT2D eigenvalue weighted by molar-refractivity contribution is 0.0168. The number of rotatable bonds is 9. The summed E-state index contributed by atoms with van der Waals surface area (Å²) in [7, 11) is 1.66. The molecule has 2 N–H and O–H groups in total. The predicted molar refractivity (Wildman–Crippen MR) is 94.8 cm³/mol. The molecule has 0 aliphatic carbocycles. The van der Waals surface area contributed by atoms with E-state index in [1.165, 1.54) is 0 Å². The highest BCUT2D eigenvalue weighted by atomic mass is 32.1. The highest BCUT2D eigenvalue weighted by molar-refractivity contribution is 7.80. The van der Waals surface area contributed by atoms with Gasteiger partial charge in [0.1, 0.15) is 5.75 Å². The van der Waals surface area contributed by atoms with Crippen molar-refractivity contribution in [1.29, 1.82) is 0 Å². The van der Waals surface area contributed by atoms with E-state index in [9.17, 15) is 0 Å². The van der Waals surface area contributed by atoms with Gasteiger partial charge in [0.2, 0.25) is 0 Å². The maximum absolute atomic E-state index is 5.61. The molecule has 0 radical (unpaired) electrons. The Kier molecular flexibility index (Phi) is 8.14. The molecule has 0 unspecified atom stereocenters. The second kappa shape index (κ2) is 10.4. The Labute approximate surface area is 143 Å².